The molecular formula is C24H15NO9. The van der Waals surface area contributed by atoms with E-state index in [0.29, 0.717) is 11.1 Å². The molecule has 0 N–H and O–H groups in total. The van der Waals surface area contributed by atoms with Crippen molar-refractivity contribution in [3.05, 3.63) is 87.0 Å². The van der Waals surface area contributed by atoms with Crippen LogP contribution in [-0.4, -0.2) is 22.8 Å². The molecule has 0 radical (unpaired) electrons. The number of nitrogens with zero attached hydrogens (tertiary/aromatic N) is 1. The summed E-state index contributed by atoms with van der Waals surface area (Å²) in [4.78, 5) is 46.7. The Labute approximate surface area is 191 Å². The van der Waals surface area contributed by atoms with E-state index in [-0.39, 0.29) is 39.8 Å². The fraction of sp³-hybridized carbons (Fsp3) is 0.125. The Bertz CT molecular complexity index is 1360. The smallest absolute Gasteiger partial charge is 0.340 e. The summed E-state index contributed by atoms with van der Waals surface area (Å²) in [7, 11) is 0. The highest BCUT2D eigenvalue weighted by atomic mass is 16.6. The van der Waals surface area contributed by atoms with Crippen molar-refractivity contribution >= 4 is 23.6 Å². The van der Waals surface area contributed by atoms with Gasteiger partial charge in [-0.15, -0.1) is 0 Å². The third-order valence-electron chi connectivity index (χ3n) is 5.47. The number of fused-ring (bicyclic) bond motifs is 6. The van der Waals surface area contributed by atoms with Crippen LogP contribution in [0, 0.1) is 10.1 Å². The van der Waals surface area contributed by atoms with Crippen molar-refractivity contribution in [2.24, 2.45) is 0 Å². The van der Waals surface area contributed by atoms with Crippen LogP contribution >= 0.6 is 0 Å². The number of hydrogen-bond donors (Lipinski definition) is 0. The molecule has 10 nitrogen and oxygen atoms in total. The van der Waals surface area contributed by atoms with E-state index in [9.17, 15) is 24.5 Å². The summed E-state index contributed by atoms with van der Waals surface area (Å²) in [5, 5.41) is 11.5. The van der Waals surface area contributed by atoms with E-state index in [1.54, 1.807) is 12.1 Å². The van der Waals surface area contributed by atoms with Gasteiger partial charge in [-0.25, -0.2) is 4.79 Å². The second-order valence-electron chi connectivity index (χ2n) is 7.66. The highest BCUT2D eigenvalue weighted by molar-refractivity contribution is 5.97. The van der Waals surface area contributed by atoms with Crippen molar-refractivity contribution in [1.29, 1.82) is 0 Å². The molecule has 0 bridgehead atoms. The first kappa shape index (κ1) is 21.1. The molecule has 3 aromatic carbocycles. The largest absolute Gasteiger partial charge is 0.456 e. The monoisotopic (exact) mass is 461 g/mol. The highest BCUT2D eigenvalue weighted by Crippen LogP contribution is 2.57. The number of rotatable bonds is 3. The van der Waals surface area contributed by atoms with Crippen LogP contribution < -0.4 is 14.2 Å². The maximum Gasteiger partial charge on any atom is 0.340 e. The average molecular weight is 461 g/mol. The minimum Gasteiger partial charge on any atom is -0.456 e. The number of carbonyl (C=O) groups is 3. The molecule has 0 aliphatic carbocycles. The third kappa shape index (κ3) is 3.15. The lowest BCUT2D eigenvalue weighted by Crippen LogP contribution is -2.33. The minimum atomic E-state index is -1.58. The van der Waals surface area contributed by atoms with Gasteiger partial charge in [0.15, 0.2) is 5.60 Å². The molecule has 1 spiro atoms. The van der Waals surface area contributed by atoms with Crippen molar-refractivity contribution in [3.63, 3.8) is 0 Å². The summed E-state index contributed by atoms with van der Waals surface area (Å²) in [5.41, 5.74) is -0.618. The molecule has 0 atom stereocenters. The van der Waals surface area contributed by atoms with Crippen LogP contribution in [0.25, 0.3) is 0 Å². The molecule has 34 heavy (non-hydrogen) atoms. The zero-order valence-corrected chi connectivity index (χ0v) is 17.8. The van der Waals surface area contributed by atoms with Gasteiger partial charge in [-0.05, 0) is 30.3 Å². The molecule has 3 aromatic rings. The molecule has 170 valence electrons. The fourth-order valence-corrected chi connectivity index (χ4v) is 4.24. The molecule has 5 rings (SSSR count). The van der Waals surface area contributed by atoms with E-state index >= 15 is 0 Å². The van der Waals surface area contributed by atoms with E-state index in [0.717, 1.165) is 0 Å². The zero-order valence-electron chi connectivity index (χ0n) is 17.8. The Hall–Kier alpha value is -4.73. The van der Waals surface area contributed by atoms with Crippen molar-refractivity contribution in [2.75, 3.05) is 0 Å². The van der Waals surface area contributed by atoms with Gasteiger partial charge in [-0.2, -0.15) is 0 Å². The van der Waals surface area contributed by atoms with Gasteiger partial charge in [0.25, 0.3) is 5.69 Å². The Balaban J connectivity index is 1.79. The molecule has 2 heterocycles. The number of nitro benzene ring substituents is 1. The predicted octanol–water partition coefficient (Wildman–Crippen LogP) is 4.01. The molecule has 2 aliphatic heterocycles. The first-order valence-corrected chi connectivity index (χ1v) is 10.0. The van der Waals surface area contributed by atoms with Gasteiger partial charge in [-0.3, -0.25) is 19.7 Å². The molecule has 0 unspecified atom stereocenters. The van der Waals surface area contributed by atoms with Crippen molar-refractivity contribution < 1.29 is 38.3 Å². The van der Waals surface area contributed by atoms with Gasteiger partial charge < -0.3 is 18.9 Å². The second-order valence-corrected chi connectivity index (χ2v) is 7.66. The van der Waals surface area contributed by atoms with E-state index < -0.39 is 28.4 Å². The topological polar surface area (TPSA) is 131 Å². The summed E-state index contributed by atoms with van der Waals surface area (Å²) in [6.45, 7) is 2.49. The maximum absolute atomic E-state index is 12.9. The molecule has 0 fully saturated rings. The molecule has 0 saturated heterocycles. The summed E-state index contributed by atoms with van der Waals surface area (Å²) >= 11 is 0. The lowest BCUT2D eigenvalue weighted by molar-refractivity contribution is -0.385. The first-order chi connectivity index (χ1) is 16.2. The lowest BCUT2D eigenvalue weighted by Gasteiger charge is -2.36. The van der Waals surface area contributed by atoms with Gasteiger partial charge in [0, 0.05) is 54.8 Å². The first-order valence-electron chi connectivity index (χ1n) is 10.0. The fourth-order valence-electron chi connectivity index (χ4n) is 4.24. The summed E-state index contributed by atoms with van der Waals surface area (Å²) in [6, 6.07) is 12.9. The summed E-state index contributed by atoms with van der Waals surface area (Å²) < 4.78 is 22.3. The van der Waals surface area contributed by atoms with Crippen molar-refractivity contribution in [2.45, 2.75) is 19.4 Å². The Morgan fingerprint density at radius 3 is 1.91 bits per heavy atom. The number of carbonyl (C=O) groups excluding carboxylic acids is 3. The normalized spacial score (nSPS) is 14.2. The van der Waals surface area contributed by atoms with Gasteiger partial charge in [0.2, 0.25) is 0 Å². The van der Waals surface area contributed by atoms with Crippen LogP contribution in [-0.2, 0) is 19.9 Å². The van der Waals surface area contributed by atoms with Gasteiger partial charge in [0.1, 0.15) is 23.0 Å². The van der Waals surface area contributed by atoms with E-state index in [1.165, 1.54) is 56.3 Å². The number of hydrogen-bond acceptors (Lipinski definition) is 9. The highest BCUT2D eigenvalue weighted by Gasteiger charge is 2.54. The quantitative estimate of drug-likeness (QED) is 0.246. The van der Waals surface area contributed by atoms with Crippen LogP contribution in [0.2, 0.25) is 0 Å². The lowest BCUT2D eigenvalue weighted by atomic mass is 9.77. The Morgan fingerprint density at radius 2 is 1.41 bits per heavy atom. The number of nitro groups is 1. The molecule has 0 saturated carbocycles. The SMILES string of the molecule is CC(=O)Oc1ccc2c(c1)Oc1cc(OC(C)=O)ccc1C21OC(=O)c2ccc([N+](=O)[O-])cc21. The Kier molecular flexibility index (Phi) is 4.60. The number of non-ortho nitro benzene ring substituents is 1. The summed E-state index contributed by atoms with van der Waals surface area (Å²) in [5.74, 6) is -1.00. The third-order valence-corrected chi connectivity index (χ3v) is 5.47. The average Bonchev–Trinajstić information content (AvgIpc) is 3.05. The van der Waals surface area contributed by atoms with Gasteiger partial charge >= 0.3 is 17.9 Å². The molecule has 0 aromatic heterocycles. The standard InChI is InChI=1S/C24H15NO9/c1-12(26)31-15-4-7-18-21(10-15)33-22-11-16(32-13(2)27)5-8-19(22)24(18)20-9-14(25(29)30)3-6-17(20)23(28)34-24/h3-11H,1-2H3. The van der Waals surface area contributed by atoms with Crippen molar-refractivity contribution in [1.82, 2.24) is 0 Å². The second kappa shape index (κ2) is 7.41. The van der Waals surface area contributed by atoms with Crippen LogP contribution in [0.5, 0.6) is 23.0 Å². The van der Waals surface area contributed by atoms with Gasteiger partial charge in [-0.1, -0.05) is 0 Å². The van der Waals surface area contributed by atoms with Crippen LogP contribution in [0.3, 0.4) is 0 Å². The van der Waals surface area contributed by atoms with Crippen molar-refractivity contribution in [3.8, 4) is 23.0 Å². The number of ether oxygens (including phenoxy) is 4. The van der Waals surface area contributed by atoms with Gasteiger partial charge in [0.05, 0.1) is 10.5 Å². The minimum absolute atomic E-state index is 0.164. The molecule has 2 aliphatic rings. The van der Waals surface area contributed by atoms with E-state index in [1.807, 2.05) is 0 Å². The zero-order chi connectivity index (χ0) is 24.2. The van der Waals surface area contributed by atoms with E-state index in [4.69, 9.17) is 18.9 Å². The molecule has 10 heteroatoms. The van der Waals surface area contributed by atoms with Crippen LogP contribution in [0.4, 0.5) is 5.69 Å². The molecule has 0 amide bonds. The number of benzene rings is 3. The summed E-state index contributed by atoms with van der Waals surface area (Å²) in [6.07, 6.45) is 0. The number of esters is 3. The van der Waals surface area contributed by atoms with Crippen LogP contribution in [0.15, 0.2) is 54.6 Å². The molecular weight excluding hydrogens is 446 g/mol. The predicted molar refractivity (Wildman–Crippen MR) is 114 cm³/mol. The maximum atomic E-state index is 12.9. The van der Waals surface area contributed by atoms with Crippen LogP contribution in [0.1, 0.15) is 40.9 Å². The van der Waals surface area contributed by atoms with E-state index in [2.05, 4.69) is 0 Å². The Morgan fingerprint density at radius 1 is 0.853 bits per heavy atom.